The molecule has 20 heavy (non-hydrogen) atoms. The molecular weight excluding hydrogens is 298 g/mol. The van der Waals surface area contributed by atoms with Crippen LogP contribution in [0, 0.1) is 6.92 Å². The topological polar surface area (TPSA) is 55.4 Å². The van der Waals surface area contributed by atoms with Crippen LogP contribution in [-0.4, -0.2) is 15.5 Å². The van der Waals surface area contributed by atoms with Gasteiger partial charge in [0.2, 0.25) is 0 Å². The Kier molecular flexibility index (Phi) is 4.20. The Labute approximate surface area is 123 Å². The molecule has 0 saturated carbocycles. The van der Waals surface area contributed by atoms with Gasteiger partial charge in [-0.2, -0.15) is 0 Å². The highest BCUT2D eigenvalue weighted by Gasteiger charge is 2.21. The van der Waals surface area contributed by atoms with Gasteiger partial charge in [0.1, 0.15) is 10.6 Å². The summed E-state index contributed by atoms with van der Waals surface area (Å²) in [6.07, 6.45) is 0. The number of rotatable bonds is 4. The Morgan fingerprint density at radius 2 is 1.80 bits per heavy atom. The molecule has 0 aliphatic rings. The van der Waals surface area contributed by atoms with E-state index in [-0.39, 0.29) is 10.6 Å². The monoisotopic (exact) mass is 311 g/mol. The number of para-hydroxylation sites is 1. The molecule has 0 amide bonds. The molecule has 0 bridgehead atoms. The van der Waals surface area contributed by atoms with Gasteiger partial charge in [-0.3, -0.25) is 4.72 Å². The Hall–Kier alpha value is -1.72. The molecule has 0 spiro atoms. The summed E-state index contributed by atoms with van der Waals surface area (Å²) in [6.45, 7) is 1.78. The number of sulfonamides is 1. The molecule has 106 valence electrons. The Morgan fingerprint density at radius 1 is 1.15 bits per heavy atom. The van der Waals surface area contributed by atoms with Gasteiger partial charge in [0.15, 0.2) is 0 Å². The van der Waals surface area contributed by atoms with E-state index in [4.69, 9.17) is 16.3 Å². The van der Waals surface area contributed by atoms with Crippen LogP contribution in [0.15, 0.2) is 47.4 Å². The van der Waals surface area contributed by atoms with Crippen molar-refractivity contribution in [2.75, 3.05) is 11.8 Å². The van der Waals surface area contributed by atoms with Gasteiger partial charge in [0, 0.05) is 10.7 Å². The summed E-state index contributed by atoms with van der Waals surface area (Å²) in [6, 6.07) is 11.6. The highest BCUT2D eigenvalue weighted by atomic mass is 35.5. The summed E-state index contributed by atoms with van der Waals surface area (Å²) >= 11 is 6.00. The smallest absolute Gasteiger partial charge is 0.265 e. The lowest BCUT2D eigenvalue weighted by Gasteiger charge is -2.13. The standard InChI is InChI=1S/C14H14ClNO3S/c1-10-8-13(19-2)14(9-12(10)15)20(17,18)16-11-6-4-3-5-7-11/h3-9,16H,1-2H3. The van der Waals surface area contributed by atoms with E-state index in [1.54, 1.807) is 43.3 Å². The van der Waals surface area contributed by atoms with Crippen LogP contribution in [0.2, 0.25) is 5.02 Å². The number of halogens is 1. The molecule has 0 unspecified atom stereocenters. The number of ether oxygens (including phenoxy) is 1. The lowest BCUT2D eigenvalue weighted by Crippen LogP contribution is -2.14. The number of hydrogen-bond donors (Lipinski definition) is 1. The molecule has 0 heterocycles. The third kappa shape index (κ3) is 3.05. The van der Waals surface area contributed by atoms with Gasteiger partial charge >= 0.3 is 0 Å². The maximum atomic E-state index is 12.4. The summed E-state index contributed by atoms with van der Waals surface area (Å²) in [5.74, 6) is 0.260. The minimum absolute atomic E-state index is 0.0134. The number of aryl methyl sites for hydroxylation is 1. The summed E-state index contributed by atoms with van der Waals surface area (Å²) in [5.41, 5.74) is 1.23. The molecule has 4 nitrogen and oxygen atoms in total. The van der Waals surface area contributed by atoms with Crippen LogP contribution < -0.4 is 9.46 Å². The Bertz CT molecular complexity index is 715. The van der Waals surface area contributed by atoms with Crippen LogP contribution in [-0.2, 0) is 10.0 Å². The average Bonchev–Trinajstić information content (AvgIpc) is 2.42. The fourth-order valence-corrected chi connectivity index (χ4v) is 3.19. The fraction of sp³-hybridized carbons (Fsp3) is 0.143. The van der Waals surface area contributed by atoms with Gasteiger partial charge in [-0.05, 0) is 36.8 Å². The van der Waals surface area contributed by atoms with E-state index < -0.39 is 10.0 Å². The van der Waals surface area contributed by atoms with Crippen molar-refractivity contribution in [3.8, 4) is 5.75 Å². The van der Waals surface area contributed by atoms with Crippen molar-refractivity contribution in [3.05, 3.63) is 53.1 Å². The maximum Gasteiger partial charge on any atom is 0.265 e. The van der Waals surface area contributed by atoms with E-state index in [1.807, 2.05) is 0 Å². The highest BCUT2D eigenvalue weighted by molar-refractivity contribution is 7.92. The minimum Gasteiger partial charge on any atom is -0.495 e. The third-order valence-electron chi connectivity index (χ3n) is 2.76. The quantitative estimate of drug-likeness (QED) is 0.940. The maximum absolute atomic E-state index is 12.4. The lowest BCUT2D eigenvalue weighted by molar-refractivity contribution is 0.402. The molecule has 0 saturated heterocycles. The molecule has 0 aromatic heterocycles. The van der Waals surface area contributed by atoms with E-state index >= 15 is 0 Å². The van der Waals surface area contributed by atoms with Gasteiger partial charge in [-0.15, -0.1) is 0 Å². The second-order valence-corrected chi connectivity index (χ2v) is 6.28. The van der Waals surface area contributed by atoms with Gasteiger partial charge in [-0.1, -0.05) is 29.8 Å². The fourth-order valence-electron chi connectivity index (χ4n) is 1.72. The summed E-state index contributed by atoms with van der Waals surface area (Å²) in [7, 11) is -2.33. The molecule has 1 N–H and O–H groups in total. The highest BCUT2D eigenvalue weighted by Crippen LogP contribution is 2.31. The van der Waals surface area contributed by atoms with Crippen molar-refractivity contribution in [2.24, 2.45) is 0 Å². The van der Waals surface area contributed by atoms with Crippen LogP contribution in [0.5, 0.6) is 5.75 Å². The van der Waals surface area contributed by atoms with E-state index in [1.165, 1.54) is 13.2 Å². The van der Waals surface area contributed by atoms with Gasteiger partial charge in [0.25, 0.3) is 10.0 Å². The van der Waals surface area contributed by atoms with Crippen molar-refractivity contribution in [1.82, 2.24) is 0 Å². The number of hydrogen-bond acceptors (Lipinski definition) is 3. The number of benzene rings is 2. The van der Waals surface area contributed by atoms with Gasteiger partial charge in [0.05, 0.1) is 7.11 Å². The minimum atomic E-state index is -3.75. The number of nitrogens with one attached hydrogen (secondary N) is 1. The predicted molar refractivity (Wildman–Crippen MR) is 80.0 cm³/mol. The van der Waals surface area contributed by atoms with Gasteiger partial charge < -0.3 is 4.74 Å². The predicted octanol–water partition coefficient (Wildman–Crippen LogP) is 3.46. The molecule has 0 fully saturated rings. The first kappa shape index (κ1) is 14.7. The van der Waals surface area contributed by atoms with E-state index in [9.17, 15) is 8.42 Å². The lowest BCUT2D eigenvalue weighted by atomic mass is 10.2. The SMILES string of the molecule is COc1cc(C)c(Cl)cc1S(=O)(=O)Nc1ccccc1. The van der Waals surface area contributed by atoms with E-state index in [2.05, 4.69) is 4.72 Å². The van der Waals surface area contributed by atoms with Crippen LogP contribution in [0.4, 0.5) is 5.69 Å². The molecule has 6 heteroatoms. The number of anilines is 1. The molecule has 0 radical (unpaired) electrons. The summed E-state index contributed by atoms with van der Waals surface area (Å²) in [5, 5.41) is 0.374. The van der Waals surface area contributed by atoms with Crippen LogP contribution in [0.3, 0.4) is 0 Å². The van der Waals surface area contributed by atoms with Crippen LogP contribution >= 0.6 is 11.6 Å². The molecule has 2 aromatic carbocycles. The zero-order valence-electron chi connectivity index (χ0n) is 11.1. The Morgan fingerprint density at radius 3 is 2.40 bits per heavy atom. The second-order valence-electron chi connectivity index (χ2n) is 4.22. The zero-order valence-corrected chi connectivity index (χ0v) is 12.6. The van der Waals surface area contributed by atoms with Gasteiger partial charge in [-0.25, -0.2) is 8.42 Å². The zero-order chi connectivity index (χ0) is 14.8. The normalized spacial score (nSPS) is 11.2. The first-order chi connectivity index (χ1) is 9.44. The molecule has 2 rings (SSSR count). The number of methoxy groups -OCH3 is 1. The van der Waals surface area contributed by atoms with Crippen molar-refractivity contribution >= 4 is 27.3 Å². The largest absolute Gasteiger partial charge is 0.495 e. The molecule has 0 atom stereocenters. The van der Waals surface area contributed by atoms with Crippen molar-refractivity contribution in [1.29, 1.82) is 0 Å². The summed E-state index contributed by atoms with van der Waals surface area (Å²) in [4.78, 5) is 0.0134. The van der Waals surface area contributed by atoms with E-state index in [0.29, 0.717) is 10.7 Å². The molecule has 0 aliphatic heterocycles. The van der Waals surface area contributed by atoms with Crippen LogP contribution in [0.1, 0.15) is 5.56 Å². The van der Waals surface area contributed by atoms with E-state index in [0.717, 1.165) is 5.56 Å². The third-order valence-corrected chi connectivity index (χ3v) is 4.57. The molecule has 2 aromatic rings. The molecular formula is C14H14ClNO3S. The van der Waals surface area contributed by atoms with Crippen molar-refractivity contribution in [3.63, 3.8) is 0 Å². The summed E-state index contributed by atoms with van der Waals surface area (Å²) < 4.78 is 32.4. The first-order valence-electron chi connectivity index (χ1n) is 5.86. The van der Waals surface area contributed by atoms with Crippen LogP contribution in [0.25, 0.3) is 0 Å². The first-order valence-corrected chi connectivity index (χ1v) is 7.72. The second kappa shape index (κ2) is 5.73. The van der Waals surface area contributed by atoms with Crippen molar-refractivity contribution < 1.29 is 13.2 Å². The Balaban J connectivity index is 2.47. The van der Waals surface area contributed by atoms with Crippen molar-refractivity contribution in [2.45, 2.75) is 11.8 Å². The average molecular weight is 312 g/mol. The molecule has 0 aliphatic carbocycles.